The molecular formula is C42H38B2N2O15. The van der Waals surface area contributed by atoms with Crippen LogP contribution in [0.3, 0.4) is 0 Å². The predicted octanol–water partition coefficient (Wildman–Crippen LogP) is 0.943. The number of aromatic nitrogens is 2. The van der Waals surface area contributed by atoms with Gasteiger partial charge >= 0.3 is 44.1 Å². The number of esters is 5. The van der Waals surface area contributed by atoms with E-state index in [4.69, 9.17) is 28.7 Å². The molecule has 0 unspecified atom stereocenters. The number of cyclic esters (lactones) is 1. The second-order valence-electron chi connectivity index (χ2n) is 14.4. The van der Waals surface area contributed by atoms with Gasteiger partial charge in [-0.15, -0.1) is 0 Å². The molecule has 0 fully saturated rings. The van der Waals surface area contributed by atoms with Gasteiger partial charge < -0.3 is 48.3 Å². The summed E-state index contributed by atoms with van der Waals surface area (Å²) < 4.78 is 28.6. The minimum Gasteiger partial charge on any atom is -0.461 e. The van der Waals surface area contributed by atoms with Crippen molar-refractivity contribution in [3.05, 3.63) is 117 Å². The Labute approximate surface area is 347 Å². The Morgan fingerprint density at radius 1 is 0.754 bits per heavy atom. The molecule has 19 heteroatoms. The molecule has 0 radical (unpaired) electrons. The fourth-order valence-electron chi connectivity index (χ4n) is 7.06. The fourth-order valence-corrected chi connectivity index (χ4v) is 7.06. The van der Waals surface area contributed by atoms with E-state index in [0.717, 1.165) is 0 Å². The lowest BCUT2D eigenvalue weighted by Crippen LogP contribution is -2.47. The number of ether oxygens (including phenoxy) is 5. The van der Waals surface area contributed by atoms with Gasteiger partial charge in [0.15, 0.2) is 0 Å². The Balaban J connectivity index is 0.999. The Morgan fingerprint density at radius 2 is 1.33 bits per heavy atom. The number of hydrogen-bond acceptors (Lipinski definition) is 16. The van der Waals surface area contributed by atoms with Crippen LogP contribution in [-0.4, -0.2) is 73.7 Å². The molecule has 0 spiro atoms. The number of pyridine rings is 2. The SMILES string of the molecule is CC[C@@]1(OC(=O)CCC(=O)OCc2ccc(B(O)O)cc2)C(=O)OCc2c1cc1n(c2=O)Cc2cc3cc(OC(=O)CCC(=O)OCc4ccc(B(O)O)cc4)ccc3nc2-1. The standard InChI is InChI=1S/C42H38B2N2O15/c1-2-42(61-38(50)16-14-36(48)58-22-25-5-9-29(10-6-25)44(55)56)32-19-34-39-27(20-46(34)40(51)31(32)23-59-41(42)52)17-26-18-30(11-12-33(26)45-39)60-37(49)15-13-35(47)57-21-24-3-7-28(8-4-24)43(53)54/h3-12,17-19,53-56H,2,13-16,20-23H2,1H3/t42-/m0/s1. The highest BCUT2D eigenvalue weighted by atomic mass is 16.6. The number of hydrogen-bond donors (Lipinski definition) is 4. The number of carbonyl (C=O) groups excluding carboxylic acids is 5. The molecule has 4 heterocycles. The van der Waals surface area contributed by atoms with Crippen molar-refractivity contribution < 1.29 is 67.8 Å². The van der Waals surface area contributed by atoms with Crippen LogP contribution in [0.25, 0.3) is 22.3 Å². The van der Waals surface area contributed by atoms with E-state index in [9.17, 15) is 48.9 Å². The summed E-state index contributed by atoms with van der Waals surface area (Å²) in [6.07, 6.45) is -1.35. The number of rotatable bonds is 15. The summed E-state index contributed by atoms with van der Waals surface area (Å²) in [5.41, 5.74) is 1.62. The van der Waals surface area contributed by atoms with Gasteiger partial charge in [0.1, 0.15) is 25.6 Å². The van der Waals surface area contributed by atoms with Crippen LogP contribution in [0.5, 0.6) is 5.75 Å². The van der Waals surface area contributed by atoms with Crippen LogP contribution in [-0.2, 0) is 74.9 Å². The molecule has 17 nitrogen and oxygen atoms in total. The topological polar surface area (TPSA) is 247 Å². The lowest BCUT2D eigenvalue weighted by atomic mass is 9.80. The van der Waals surface area contributed by atoms with E-state index in [1.807, 2.05) is 0 Å². The van der Waals surface area contributed by atoms with Crippen LogP contribution in [0, 0.1) is 0 Å². The summed E-state index contributed by atoms with van der Waals surface area (Å²) >= 11 is 0. The smallest absolute Gasteiger partial charge is 0.461 e. The molecule has 5 aromatic rings. The van der Waals surface area contributed by atoms with Crippen LogP contribution in [0.4, 0.5) is 0 Å². The highest BCUT2D eigenvalue weighted by Gasteiger charge is 2.50. The van der Waals surface area contributed by atoms with E-state index in [1.165, 1.54) is 34.9 Å². The third-order valence-corrected chi connectivity index (χ3v) is 10.4. The van der Waals surface area contributed by atoms with E-state index in [2.05, 4.69) is 0 Å². The molecule has 0 saturated carbocycles. The van der Waals surface area contributed by atoms with Gasteiger partial charge in [-0.25, -0.2) is 9.78 Å². The first-order chi connectivity index (χ1) is 29.2. The first kappa shape index (κ1) is 42.5. The maximum atomic E-state index is 14.0. The Hall–Kier alpha value is -6.66. The minimum absolute atomic E-state index is 0.0603. The monoisotopic (exact) mass is 832 g/mol. The summed E-state index contributed by atoms with van der Waals surface area (Å²) in [4.78, 5) is 82.7. The Bertz CT molecular complexity index is 2590. The van der Waals surface area contributed by atoms with Crippen molar-refractivity contribution in [2.75, 3.05) is 0 Å². The van der Waals surface area contributed by atoms with Gasteiger partial charge in [-0.3, -0.25) is 24.0 Å². The fraction of sp³-hybridized carbons (Fsp3) is 0.262. The molecular weight excluding hydrogens is 794 g/mol. The molecule has 2 aromatic heterocycles. The van der Waals surface area contributed by atoms with Crippen LogP contribution in [0.2, 0.25) is 0 Å². The zero-order valence-corrected chi connectivity index (χ0v) is 32.7. The van der Waals surface area contributed by atoms with Gasteiger partial charge in [0, 0.05) is 16.5 Å². The average molecular weight is 832 g/mol. The number of fused-ring (bicyclic) bond motifs is 5. The van der Waals surface area contributed by atoms with Crippen LogP contribution in [0.15, 0.2) is 83.7 Å². The van der Waals surface area contributed by atoms with Gasteiger partial charge in [-0.05, 0) is 58.8 Å². The zero-order valence-electron chi connectivity index (χ0n) is 32.7. The summed E-state index contributed by atoms with van der Waals surface area (Å²) in [7, 11) is -3.25. The molecule has 4 N–H and O–H groups in total. The molecule has 312 valence electrons. The number of nitrogens with zero attached hydrogens (tertiary/aromatic N) is 2. The van der Waals surface area contributed by atoms with Crippen molar-refractivity contribution in [2.24, 2.45) is 0 Å². The first-order valence-corrected chi connectivity index (χ1v) is 19.3. The van der Waals surface area contributed by atoms with Crippen LogP contribution in [0.1, 0.15) is 66.8 Å². The highest BCUT2D eigenvalue weighted by molar-refractivity contribution is 6.58. The van der Waals surface area contributed by atoms with Gasteiger partial charge in [-0.1, -0.05) is 55.5 Å². The summed E-state index contributed by atoms with van der Waals surface area (Å²) in [6.45, 7) is 1.20. The van der Waals surface area contributed by atoms with Gasteiger partial charge in [0.05, 0.1) is 54.7 Å². The average Bonchev–Trinajstić information content (AvgIpc) is 3.61. The number of benzene rings is 3. The van der Waals surface area contributed by atoms with E-state index in [-0.39, 0.29) is 74.4 Å². The predicted molar refractivity (Wildman–Crippen MR) is 215 cm³/mol. The molecule has 0 aliphatic carbocycles. The van der Waals surface area contributed by atoms with Crippen molar-refractivity contribution >= 4 is 65.9 Å². The molecule has 2 aliphatic rings. The third kappa shape index (κ3) is 9.24. The summed E-state index contributed by atoms with van der Waals surface area (Å²) in [5, 5.41) is 37.5. The Morgan fingerprint density at radius 3 is 1.90 bits per heavy atom. The molecule has 7 rings (SSSR count). The van der Waals surface area contributed by atoms with E-state index in [0.29, 0.717) is 44.4 Å². The maximum absolute atomic E-state index is 14.0. The second-order valence-corrected chi connectivity index (χ2v) is 14.4. The summed E-state index contributed by atoms with van der Waals surface area (Å²) in [5.74, 6) is -3.56. The van der Waals surface area contributed by atoms with Gasteiger partial charge in [0.25, 0.3) is 5.56 Å². The van der Waals surface area contributed by atoms with Gasteiger partial charge in [0.2, 0.25) is 5.60 Å². The molecule has 61 heavy (non-hydrogen) atoms. The Kier molecular flexibility index (Phi) is 12.5. The van der Waals surface area contributed by atoms with Crippen molar-refractivity contribution in [3.8, 4) is 17.1 Å². The minimum atomic E-state index is -1.98. The molecule has 1 atom stereocenters. The quantitative estimate of drug-likeness (QED) is 0.0487. The van der Waals surface area contributed by atoms with Crippen molar-refractivity contribution in [2.45, 2.75) is 71.0 Å². The third-order valence-electron chi connectivity index (χ3n) is 10.4. The van der Waals surface area contributed by atoms with Crippen molar-refractivity contribution in [1.29, 1.82) is 0 Å². The molecule has 2 aliphatic heterocycles. The summed E-state index contributed by atoms with van der Waals surface area (Å²) in [6, 6.07) is 20.4. The lowest BCUT2D eigenvalue weighted by Gasteiger charge is -2.35. The zero-order chi connectivity index (χ0) is 43.4. The largest absolute Gasteiger partial charge is 0.488 e. The molecule has 0 amide bonds. The molecule has 3 aromatic carbocycles. The molecule has 0 saturated heterocycles. The first-order valence-electron chi connectivity index (χ1n) is 19.3. The number of carbonyl (C=O) groups is 5. The lowest BCUT2D eigenvalue weighted by molar-refractivity contribution is -0.189. The van der Waals surface area contributed by atoms with Crippen LogP contribution < -0.4 is 21.2 Å². The van der Waals surface area contributed by atoms with E-state index < -0.39 is 61.7 Å². The van der Waals surface area contributed by atoms with Crippen molar-refractivity contribution in [1.82, 2.24) is 9.55 Å². The normalized spacial score (nSPS) is 14.9. The van der Waals surface area contributed by atoms with Gasteiger partial charge in [-0.2, -0.15) is 0 Å². The van der Waals surface area contributed by atoms with Crippen molar-refractivity contribution in [3.63, 3.8) is 0 Å². The highest BCUT2D eigenvalue weighted by Crippen LogP contribution is 2.41. The second kappa shape index (κ2) is 17.9. The van der Waals surface area contributed by atoms with E-state index in [1.54, 1.807) is 55.5 Å². The van der Waals surface area contributed by atoms with E-state index >= 15 is 0 Å². The van der Waals surface area contributed by atoms with Crippen LogP contribution >= 0.6 is 0 Å². The molecule has 0 bridgehead atoms. The maximum Gasteiger partial charge on any atom is 0.488 e.